The van der Waals surface area contributed by atoms with E-state index in [0.717, 1.165) is 5.56 Å². The first-order valence-corrected chi connectivity index (χ1v) is 8.42. The molecular formula is C16H13ClN2O2S. The van der Waals surface area contributed by atoms with Crippen LogP contribution in [0.3, 0.4) is 0 Å². The van der Waals surface area contributed by atoms with Crippen LogP contribution in [0.25, 0.3) is 11.3 Å². The van der Waals surface area contributed by atoms with Gasteiger partial charge in [0.1, 0.15) is 10.0 Å². The summed E-state index contributed by atoms with van der Waals surface area (Å²) in [5.41, 5.74) is 2.05. The molecular weight excluding hydrogens is 320 g/mol. The van der Waals surface area contributed by atoms with Crippen molar-refractivity contribution < 1.29 is 8.42 Å². The monoisotopic (exact) mass is 332 g/mol. The van der Waals surface area contributed by atoms with Crippen LogP contribution in [0.15, 0.2) is 65.8 Å². The zero-order valence-corrected chi connectivity index (χ0v) is 13.3. The Labute approximate surface area is 134 Å². The molecule has 3 rings (SSSR count). The number of benzene rings is 1. The molecule has 0 fully saturated rings. The van der Waals surface area contributed by atoms with E-state index in [-0.39, 0.29) is 4.90 Å². The summed E-state index contributed by atoms with van der Waals surface area (Å²) in [5, 5.41) is 0.301. The normalized spacial score (nSPS) is 11.5. The largest absolute Gasteiger partial charge is 0.269 e. The third-order valence-electron chi connectivity index (χ3n) is 3.33. The van der Waals surface area contributed by atoms with Gasteiger partial charge in [-0.15, -0.1) is 0 Å². The third kappa shape index (κ3) is 2.53. The standard InChI is InChI=1S/C16H13ClN2O2S/c1-12-10-14(11-18-16(12)17)22(20,21)19-9-5-8-15(19)13-6-3-2-4-7-13/h2-11H,1H3. The summed E-state index contributed by atoms with van der Waals surface area (Å²) in [6.45, 7) is 1.72. The molecule has 0 aliphatic rings. The van der Waals surface area contributed by atoms with Crippen molar-refractivity contribution in [2.75, 3.05) is 0 Å². The van der Waals surface area contributed by atoms with E-state index in [4.69, 9.17) is 11.6 Å². The maximum atomic E-state index is 12.8. The minimum atomic E-state index is -3.72. The molecule has 2 heterocycles. The van der Waals surface area contributed by atoms with Gasteiger partial charge in [-0.25, -0.2) is 17.4 Å². The Bertz CT molecular complexity index is 918. The van der Waals surface area contributed by atoms with Crippen LogP contribution in [-0.2, 0) is 10.0 Å². The lowest BCUT2D eigenvalue weighted by molar-refractivity contribution is 0.587. The first-order chi connectivity index (χ1) is 10.5. The molecule has 112 valence electrons. The number of aromatic nitrogens is 2. The molecule has 3 aromatic rings. The van der Waals surface area contributed by atoms with Gasteiger partial charge in [-0.05, 0) is 36.2 Å². The van der Waals surface area contributed by atoms with Crippen LogP contribution in [-0.4, -0.2) is 17.4 Å². The summed E-state index contributed by atoms with van der Waals surface area (Å²) in [7, 11) is -3.72. The summed E-state index contributed by atoms with van der Waals surface area (Å²) in [6.07, 6.45) is 2.81. The quantitative estimate of drug-likeness (QED) is 0.686. The smallest absolute Gasteiger partial charge is 0.243 e. The van der Waals surface area contributed by atoms with Crippen LogP contribution in [0.5, 0.6) is 0 Å². The SMILES string of the molecule is Cc1cc(S(=O)(=O)n2cccc2-c2ccccc2)cnc1Cl. The zero-order chi connectivity index (χ0) is 15.7. The van der Waals surface area contributed by atoms with Crippen molar-refractivity contribution in [1.29, 1.82) is 0 Å². The van der Waals surface area contributed by atoms with Crippen LogP contribution in [0, 0.1) is 6.92 Å². The molecule has 0 radical (unpaired) electrons. The average Bonchev–Trinajstić information content (AvgIpc) is 3.01. The van der Waals surface area contributed by atoms with Crippen molar-refractivity contribution >= 4 is 21.6 Å². The van der Waals surface area contributed by atoms with Crippen LogP contribution in [0.4, 0.5) is 0 Å². The molecule has 0 unspecified atom stereocenters. The lowest BCUT2D eigenvalue weighted by Crippen LogP contribution is -2.13. The van der Waals surface area contributed by atoms with E-state index < -0.39 is 10.0 Å². The van der Waals surface area contributed by atoms with Gasteiger partial charge in [0, 0.05) is 12.4 Å². The number of pyridine rings is 1. The predicted octanol–water partition coefficient (Wildman–Crippen LogP) is 3.75. The van der Waals surface area contributed by atoms with Gasteiger partial charge >= 0.3 is 0 Å². The lowest BCUT2D eigenvalue weighted by atomic mass is 10.2. The topological polar surface area (TPSA) is 52.0 Å². The molecule has 0 N–H and O–H groups in total. The second kappa shape index (κ2) is 5.59. The Balaban J connectivity index is 2.15. The van der Waals surface area contributed by atoms with E-state index in [1.54, 1.807) is 19.1 Å². The van der Waals surface area contributed by atoms with E-state index in [0.29, 0.717) is 16.4 Å². The van der Waals surface area contributed by atoms with Crippen LogP contribution in [0.1, 0.15) is 5.56 Å². The highest BCUT2D eigenvalue weighted by Crippen LogP contribution is 2.25. The number of hydrogen-bond donors (Lipinski definition) is 0. The predicted molar refractivity (Wildman–Crippen MR) is 86.4 cm³/mol. The van der Waals surface area contributed by atoms with Gasteiger partial charge in [0.25, 0.3) is 10.0 Å². The molecule has 0 bridgehead atoms. The zero-order valence-electron chi connectivity index (χ0n) is 11.8. The van der Waals surface area contributed by atoms with Crippen molar-refractivity contribution in [3.8, 4) is 11.3 Å². The van der Waals surface area contributed by atoms with Crippen molar-refractivity contribution in [2.24, 2.45) is 0 Å². The molecule has 0 aliphatic heterocycles. The van der Waals surface area contributed by atoms with Crippen molar-refractivity contribution in [1.82, 2.24) is 8.96 Å². The van der Waals surface area contributed by atoms with Crippen molar-refractivity contribution in [2.45, 2.75) is 11.8 Å². The lowest BCUT2D eigenvalue weighted by Gasteiger charge is -2.11. The molecule has 0 atom stereocenters. The molecule has 0 saturated heterocycles. The van der Waals surface area contributed by atoms with Crippen molar-refractivity contribution in [3.05, 3.63) is 71.6 Å². The van der Waals surface area contributed by atoms with Crippen molar-refractivity contribution in [3.63, 3.8) is 0 Å². The minimum absolute atomic E-state index is 0.114. The Morgan fingerprint density at radius 3 is 2.50 bits per heavy atom. The summed E-state index contributed by atoms with van der Waals surface area (Å²) in [5.74, 6) is 0. The second-order valence-corrected chi connectivity index (χ2v) is 7.01. The fraction of sp³-hybridized carbons (Fsp3) is 0.0625. The second-order valence-electron chi connectivity index (χ2n) is 4.84. The Morgan fingerprint density at radius 1 is 1.09 bits per heavy atom. The van der Waals surface area contributed by atoms with Crippen LogP contribution < -0.4 is 0 Å². The van der Waals surface area contributed by atoms with E-state index >= 15 is 0 Å². The highest BCUT2D eigenvalue weighted by atomic mass is 35.5. The molecule has 2 aromatic heterocycles. The average molecular weight is 333 g/mol. The molecule has 0 spiro atoms. The molecule has 0 amide bonds. The van der Waals surface area contributed by atoms with Crippen LogP contribution in [0.2, 0.25) is 5.15 Å². The van der Waals surface area contributed by atoms with Gasteiger partial charge in [-0.3, -0.25) is 0 Å². The fourth-order valence-corrected chi connectivity index (χ4v) is 3.69. The number of aryl methyl sites for hydroxylation is 1. The summed E-state index contributed by atoms with van der Waals surface area (Å²) < 4.78 is 26.9. The van der Waals surface area contributed by atoms with Gasteiger partial charge in [0.15, 0.2) is 0 Å². The number of rotatable bonds is 3. The van der Waals surface area contributed by atoms with Gasteiger partial charge in [-0.2, -0.15) is 0 Å². The van der Waals surface area contributed by atoms with Gasteiger partial charge in [0.2, 0.25) is 0 Å². The Morgan fingerprint density at radius 2 is 1.82 bits per heavy atom. The maximum Gasteiger partial charge on any atom is 0.269 e. The van der Waals surface area contributed by atoms with E-state index in [2.05, 4.69) is 4.98 Å². The molecule has 22 heavy (non-hydrogen) atoms. The summed E-state index contributed by atoms with van der Waals surface area (Å²) in [6, 6.07) is 14.4. The first kappa shape index (κ1) is 14.8. The number of nitrogens with zero attached hydrogens (tertiary/aromatic N) is 2. The fourth-order valence-electron chi connectivity index (χ4n) is 2.20. The molecule has 0 saturated carbocycles. The summed E-state index contributed by atoms with van der Waals surface area (Å²) in [4.78, 5) is 4.04. The Hall–Kier alpha value is -2.11. The maximum absolute atomic E-state index is 12.8. The highest BCUT2D eigenvalue weighted by Gasteiger charge is 2.21. The molecule has 4 nitrogen and oxygen atoms in total. The van der Waals surface area contributed by atoms with Crippen LogP contribution >= 0.6 is 11.6 Å². The number of hydrogen-bond acceptors (Lipinski definition) is 3. The van der Waals surface area contributed by atoms with Gasteiger partial charge in [-0.1, -0.05) is 41.9 Å². The number of halogens is 1. The third-order valence-corrected chi connectivity index (χ3v) is 5.38. The highest BCUT2D eigenvalue weighted by molar-refractivity contribution is 7.90. The molecule has 1 aromatic carbocycles. The summed E-state index contributed by atoms with van der Waals surface area (Å²) >= 11 is 5.87. The van der Waals surface area contributed by atoms with E-state index in [1.165, 1.54) is 22.4 Å². The van der Waals surface area contributed by atoms with E-state index in [1.807, 2.05) is 30.3 Å². The van der Waals surface area contributed by atoms with Gasteiger partial charge < -0.3 is 0 Å². The van der Waals surface area contributed by atoms with Gasteiger partial charge in [0.05, 0.1) is 5.69 Å². The van der Waals surface area contributed by atoms with E-state index in [9.17, 15) is 8.42 Å². The Kier molecular flexibility index (Phi) is 3.76. The molecule has 6 heteroatoms. The minimum Gasteiger partial charge on any atom is -0.243 e. The first-order valence-electron chi connectivity index (χ1n) is 6.60. The molecule has 0 aliphatic carbocycles.